The molecular formula is C15H15BrN6. The van der Waals surface area contributed by atoms with E-state index in [1.807, 2.05) is 45.2 Å². The second-order valence-electron chi connectivity index (χ2n) is 4.95. The SMILES string of the molecule is C/C(=N\Nc1ncnc2c1c(C)nn2C)c1ccc(Br)cc1. The molecule has 3 rings (SSSR count). The summed E-state index contributed by atoms with van der Waals surface area (Å²) in [4.78, 5) is 8.52. The van der Waals surface area contributed by atoms with Gasteiger partial charge in [0, 0.05) is 11.5 Å². The Morgan fingerprint density at radius 2 is 1.95 bits per heavy atom. The second-order valence-corrected chi connectivity index (χ2v) is 5.86. The summed E-state index contributed by atoms with van der Waals surface area (Å²) in [6.45, 7) is 3.88. The fraction of sp³-hybridized carbons (Fsp3) is 0.200. The lowest BCUT2D eigenvalue weighted by molar-refractivity contribution is 0.773. The van der Waals surface area contributed by atoms with Gasteiger partial charge in [-0.15, -0.1) is 0 Å². The average molecular weight is 359 g/mol. The normalized spacial score (nSPS) is 11.9. The first-order valence-corrected chi connectivity index (χ1v) is 7.56. The summed E-state index contributed by atoms with van der Waals surface area (Å²) in [6, 6.07) is 8.00. The number of aryl methyl sites for hydroxylation is 2. The Kier molecular flexibility index (Phi) is 3.89. The predicted octanol–water partition coefficient (Wildman–Crippen LogP) is 3.27. The van der Waals surface area contributed by atoms with Crippen molar-refractivity contribution < 1.29 is 0 Å². The van der Waals surface area contributed by atoms with Gasteiger partial charge in [0.2, 0.25) is 0 Å². The van der Waals surface area contributed by atoms with E-state index in [-0.39, 0.29) is 0 Å². The Bertz CT molecular complexity index is 850. The molecule has 2 heterocycles. The Morgan fingerprint density at radius 3 is 2.68 bits per heavy atom. The first kappa shape index (κ1) is 14.6. The summed E-state index contributed by atoms with van der Waals surface area (Å²) in [5.41, 5.74) is 6.60. The van der Waals surface area contributed by atoms with Crippen molar-refractivity contribution in [1.29, 1.82) is 0 Å². The Hall–Kier alpha value is -2.28. The highest BCUT2D eigenvalue weighted by Crippen LogP contribution is 2.22. The zero-order chi connectivity index (χ0) is 15.7. The first-order chi connectivity index (χ1) is 10.6. The lowest BCUT2D eigenvalue weighted by Crippen LogP contribution is -2.02. The van der Waals surface area contributed by atoms with E-state index in [4.69, 9.17) is 0 Å². The van der Waals surface area contributed by atoms with Crippen LogP contribution in [0.2, 0.25) is 0 Å². The van der Waals surface area contributed by atoms with Crippen LogP contribution in [0.1, 0.15) is 18.2 Å². The zero-order valence-electron chi connectivity index (χ0n) is 12.5. The summed E-state index contributed by atoms with van der Waals surface area (Å²) in [6.07, 6.45) is 1.51. The molecule has 1 N–H and O–H groups in total. The third-order valence-electron chi connectivity index (χ3n) is 3.39. The second kappa shape index (κ2) is 5.84. The summed E-state index contributed by atoms with van der Waals surface area (Å²) >= 11 is 3.43. The monoisotopic (exact) mass is 358 g/mol. The number of benzene rings is 1. The molecule has 0 radical (unpaired) electrons. The number of aromatic nitrogens is 4. The van der Waals surface area contributed by atoms with Crippen LogP contribution in [0, 0.1) is 6.92 Å². The van der Waals surface area contributed by atoms with Gasteiger partial charge in [-0.3, -0.25) is 10.1 Å². The van der Waals surface area contributed by atoms with Crippen molar-refractivity contribution in [3.05, 3.63) is 46.3 Å². The van der Waals surface area contributed by atoms with Gasteiger partial charge in [0.25, 0.3) is 0 Å². The lowest BCUT2D eigenvalue weighted by atomic mass is 10.1. The summed E-state index contributed by atoms with van der Waals surface area (Å²) in [5, 5.41) is 9.67. The van der Waals surface area contributed by atoms with E-state index in [0.717, 1.165) is 32.5 Å². The average Bonchev–Trinajstić information content (AvgIpc) is 2.81. The van der Waals surface area contributed by atoms with Crippen molar-refractivity contribution in [2.45, 2.75) is 13.8 Å². The maximum Gasteiger partial charge on any atom is 0.163 e. The standard InChI is InChI=1S/C15H15BrN6/c1-9(11-4-6-12(16)7-5-11)19-20-14-13-10(2)21-22(3)15(13)18-8-17-14/h4-8H,1-3H3,(H,17,18,20)/b19-9+. The number of halogens is 1. The van der Waals surface area contributed by atoms with Crippen molar-refractivity contribution in [1.82, 2.24) is 19.7 Å². The van der Waals surface area contributed by atoms with Gasteiger partial charge in [-0.2, -0.15) is 10.2 Å². The molecular weight excluding hydrogens is 344 g/mol. The molecule has 6 nitrogen and oxygen atoms in total. The first-order valence-electron chi connectivity index (χ1n) is 6.77. The molecule has 2 aromatic heterocycles. The number of fused-ring (bicyclic) bond motifs is 1. The van der Waals surface area contributed by atoms with Gasteiger partial charge in [0.15, 0.2) is 11.5 Å². The van der Waals surface area contributed by atoms with E-state index >= 15 is 0 Å². The van der Waals surface area contributed by atoms with Crippen LogP contribution in [0.15, 0.2) is 40.2 Å². The number of hydrogen-bond acceptors (Lipinski definition) is 5. The molecule has 7 heteroatoms. The molecule has 0 fully saturated rings. The van der Waals surface area contributed by atoms with E-state index in [1.165, 1.54) is 6.33 Å². The van der Waals surface area contributed by atoms with Crippen LogP contribution in [0.4, 0.5) is 5.82 Å². The molecule has 0 saturated heterocycles. The molecule has 0 bridgehead atoms. The Balaban J connectivity index is 1.93. The van der Waals surface area contributed by atoms with Crippen LogP contribution in [-0.2, 0) is 7.05 Å². The number of hydrazone groups is 1. The molecule has 3 aromatic rings. The molecule has 0 atom stereocenters. The van der Waals surface area contributed by atoms with E-state index in [0.29, 0.717) is 5.82 Å². The minimum atomic E-state index is 0.659. The molecule has 0 unspecified atom stereocenters. The van der Waals surface area contributed by atoms with E-state index in [2.05, 4.69) is 41.5 Å². The van der Waals surface area contributed by atoms with Crippen LogP contribution in [-0.4, -0.2) is 25.5 Å². The van der Waals surface area contributed by atoms with Crippen LogP contribution < -0.4 is 5.43 Å². The number of rotatable bonds is 3. The van der Waals surface area contributed by atoms with E-state index < -0.39 is 0 Å². The maximum atomic E-state index is 4.42. The number of anilines is 1. The molecule has 0 aliphatic heterocycles. The fourth-order valence-electron chi connectivity index (χ4n) is 2.25. The van der Waals surface area contributed by atoms with E-state index in [1.54, 1.807) is 4.68 Å². The molecule has 0 aliphatic carbocycles. The predicted molar refractivity (Wildman–Crippen MR) is 91.0 cm³/mol. The fourth-order valence-corrected chi connectivity index (χ4v) is 2.52. The third-order valence-corrected chi connectivity index (χ3v) is 3.92. The van der Waals surface area contributed by atoms with Crippen LogP contribution in [0.5, 0.6) is 0 Å². The highest BCUT2D eigenvalue weighted by molar-refractivity contribution is 9.10. The van der Waals surface area contributed by atoms with Crippen molar-refractivity contribution in [3.8, 4) is 0 Å². The minimum absolute atomic E-state index is 0.659. The van der Waals surface area contributed by atoms with Gasteiger partial charge in [0.1, 0.15) is 6.33 Å². The summed E-state index contributed by atoms with van der Waals surface area (Å²) < 4.78 is 2.78. The smallest absolute Gasteiger partial charge is 0.163 e. The molecule has 0 aliphatic rings. The van der Waals surface area contributed by atoms with Gasteiger partial charge in [-0.25, -0.2) is 9.97 Å². The lowest BCUT2D eigenvalue weighted by Gasteiger charge is -2.04. The topological polar surface area (TPSA) is 68.0 Å². The van der Waals surface area contributed by atoms with Crippen LogP contribution in [0.25, 0.3) is 11.0 Å². The Labute approximate surface area is 136 Å². The summed E-state index contributed by atoms with van der Waals surface area (Å²) in [5.74, 6) is 0.659. The van der Waals surface area contributed by atoms with Crippen molar-refractivity contribution in [2.24, 2.45) is 12.1 Å². The molecule has 0 spiro atoms. The van der Waals surface area contributed by atoms with Gasteiger partial charge < -0.3 is 0 Å². The van der Waals surface area contributed by atoms with E-state index in [9.17, 15) is 0 Å². The summed E-state index contributed by atoms with van der Waals surface area (Å²) in [7, 11) is 1.86. The molecule has 1 aromatic carbocycles. The molecule has 0 saturated carbocycles. The molecule has 22 heavy (non-hydrogen) atoms. The Morgan fingerprint density at radius 1 is 1.23 bits per heavy atom. The van der Waals surface area contributed by atoms with Gasteiger partial charge in [-0.05, 0) is 31.5 Å². The third kappa shape index (κ3) is 2.71. The highest BCUT2D eigenvalue weighted by Gasteiger charge is 2.11. The van der Waals surface area contributed by atoms with Gasteiger partial charge >= 0.3 is 0 Å². The highest BCUT2D eigenvalue weighted by atomic mass is 79.9. The van der Waals surface area contributed by atoms with Crippen molar-refractivity contribution >= 4 is 38.5 Å². The minimum Gasteiger partial charge on any atom is -0.260 e. The largest absolute Gasteiger partial charge is 0.260 e. The maximum absolute atomic E-state index is 4.42. The molecule has 0 amide bonds. The van der Waals surface area contributed by atoms with Crippen LogP contribution in [0.3, 0.4) is 0 Å². The van der Waals surface area contributed by atoms with Crippen LogP contribution >= 0.6 is 15.9 Å². The van der Waals surface area contributed by atoms with Gasteiger partial charge in [0.05, 0.1) is 16.8 Å². The quantitative estimate of drug-likeness (QED) is 0.576. The van der Waals surface area contributed by atoms with Gasteiger partial charge in [-0.1, -0.05) is 28.1 Å². The van der Waals surface area contributed by atoms with Crippen molar-refractivity contribution in [2.75, 3.05) is 5.43 Å². The molecule has 112 valence electrons. The zero-order valence-corrected chi connectivity index (χ0v) is 14.1. The van der Waals surface area contributed by atoms with Crippen molar-refractivity contribution in [3.63, 3.8) is 0 Å². The number of nitrogens with one attached hydrogen (secondary N) is 1. The number of hydrogen-bond donors (Lipinski definition) is 1. The number of nitrogens with zero attached hydrogens (tertiary/aromatic N) is 5.